The molecule has 6 heteroatoms. The highest BCUT2D eigenvalue weighted by molar-refractivity contribution is 6.06. The van der Waals surface area contributed by atoms with E-state index >= 15 is 0 Å². The van der Waals surface area contributed by atoms with Gasteiger partial charge >= 0.3 is 6.03 Å². The quantitative estimate of drug-likeness (QED) is 0.854. The molecule has 1 aromatic carbocycles. The molecule has 2 fully saturated rings. The standard InChI is InChI=1S/C18H23N3O3/c1-13-3-5-14(6-4-13)7-8-15(22)21-11-9-18(10-12-21)16(23)20(2)17(24)19-18/h3-6H,7-12H2,1-2H3,(H,19,24). The Morgan fingerprint density at radius 1 is 1.17 bits per heavy atom. The number of likely N-dealkylation sites (tertiary alicyclic amines) is 1. The molecule has 2 heterocycles. The number of nitrogens with one attached hydrogen (secondary N) is 1. The summed E-state index contributed by atoms with van der Waals surface area (Å²) < 4.78 is 0. The SMILES string of the molecule is Cc1ccc(CCC(=O)N2CCC3(CC2)NC(=O)N(C)C3=O)cc1. The number of rotatable bonds is 3. The summed E-state index contributed by atoms with van der Waals surface area (Å²) in [5.41, 5.74) is 1.56. The average Bonchev–Trinajstić information content (AvgIpc) is 2.79. The molecule has 2 aliphatic heterocycles. The van der Waals surface area contributed by atoms with E-state index in [1.165, 1.54) is 12.6 Å². The van der Waals surface area contributed by atoms with Crippen molar-refractivity contribution in [3.8, 4) is 0 Å². The second-order valence-corrected chi connectivity index (χ2v) is 6.74. The van der Waals surface area contributed by atoms with Crippen molar-refractivity contribution in [3.05, 3.63) is 35.4 Å². The van der Waals surface area contributed by atoms with Gasteiger partial charge in [-0.25, -0.2) is 4.79 Å². The van der Waals surface area contributed by atoms with Gasteiger partial charge in [-0.2, -0.15) is 0 Å². The van der Waals surface area contributed by atoms with E-state index in [1.807, 2.05) is 6.92 Å². The van der Waals surface area contributed by atoms with Gasteiger partial charge in [-0.1, -0.05) is 29.8 Å². The summed E-state index contributed by atoms with van der Waals surface area (Å²) in [7, 11) is 1.49. The Bertz CT molecular complexity index is 661. The third-order valence-electron chi connectivity index (χ3n) is 5.08. The number of urea groups is 1. The summed E-state index contributed by atoms with van der Waals surface area (Å²) in [6.45, 7) is 3.05. The molecule has 3 rings (SSSR count). The van der Waals surface area contributed by atoms with Crippen LogP contribution in [0.25, 0.3) is 0 Å². The fraction of sp³-hybridized carbons (Fsp3) is 0.500. The van der Waals surface area contributed by atoms with E-state index in [-0.39, 0.29) is 17.8 Å². The van der Waals surface area contributed by atoms with Crippen molar-refractivity contribution in [2.24, 2.45) is 0 Å². The summed E-state index contributed by atoms with van der Waals surface area (Å²) >= 11 is 0. The van der Waals surface area contributed by atoms with E-state index in [9.17, 15) is 14.4 Å². The first-order valence-corrected chi connectivity index (χ1v) is 8.35. The van der Waals surface area contributed by atoms with Gasteiger partial charge in [-0.05, 0) is 31.7 Å². The molecule has 1 aromatic rings. The lowest BCUT2D eigenvalue weighted by Gasteiger charge is -2.37. The van der Waals surface area contributed by atoms with Crippen molar-refractivity contribution in [3.63, 3.8) is 0 Å². The van der Waals surface area contributed by atoms with Crippen LogP contribution >= 0.6 is 0 Å². The Kier molecular flexibility index (Phi) is 4.30. The third-order valence-corrected chi connectivity index (χ3v) is 5.08. The van der Waals surface area contributed by atoms with Crippen molar-refractivity contribution >= 4 is 17.8 Å². The molecule has 1 N–H and O–H groups in total. The largest absolute Gasteiger partial charge is 0.342 e. The van der Waals surface area contributed by atoms with Gasteiger partial charge < -0.3 is 10.2 Å². The Morgan fingerprint density at radius 3 is 2.33 bits per heavy atom. The maximum atomic E-state index is 12.4. The number of aryl methyl sites for hydroxylation is 2. The zero-order valence-corrected chi connectivity index (χ0v) is 14.2. The van der Waals surface area contributed by atoms with Crippen molar-refractivity contribution < 1.29 is 14.4 Å². The molecule has 0 aromatic heterocycles. The summed E-state index contributed by atoms with van der Waals surface area (Å²) in [6, 6.07) is 7.86. The van der Waals surface area contributed by atoms with Gasteiger partial charge in [-0.3, -0.25) is 14.5 Å². The number of likely N-dealkylation sites (N-methyl/N-ethyl adjacent to an activating group) is 1. The third kappa shape index (κ3) is 3.00. The van der Waals surface area contributed by atoms with Gasteiger partial charge in [0, 0.05) is 26.6 Å². The molecule has 2 saturated heterocycles. The molecule has 0 saturated carbocycles. The van der Waals surface area contributed by atoms with Crippen LogP contribution in [0.5, 0.6) is 0 Å². The van der Waals surface area contributed by atoms with Crippen molar-refractivity contribution in [1.29, 1.82) is 0 Å². The highest BCUT2D eigenvalue weighted by Crippen LogP contribution is 2.29. The molecule has 6 nitrogen and oxygen atoms in total. The lowest BCUT2D eigenvalue weighted by molar-refractivity contribution is -0.138. The Morgan fingerprint density at radius 2 is 1.79 bits per heavy atom. The number of carbonyl (C=O) groups excluding carboxylic acids is 3. The Balaban J connectivity index is 1.53. The summed E-state index contributed by atoms with van der Waals surface area (Å²) in [5.74, 6) is -0.0743. The highest BCUT2D eigenvalue weighted by Gasteiger charge is 2.51. The molecule has 0 atom stereocenters. The van der Waals surface area contributed by atoms with Crippen LogP contribution in [0.1, 0.15) is 30.4 Å². The number of hydrogen-bond donors (Lipinski definition) is 1. The molecule has 4 amide bonds. The van der Waals surface area contributed by atoms with Gasteiger partial charge in [0.1, 0.15) is 5.54 Å². The van der Waals surface area contributed by atoms with Gasteiger partial charge in [0.2, 0.25) is 5.91 Å². The van der Waals surface area contributed by atoms with E-state index < -0.39 is 5.54 Å². The van der Waals surface area contributed by atoms with Crippen LogP contribution in [0, 0.1) is 6.92 Å². The fourth-order valence-corrected chi connectivity index (χ4v) is 3.40. The molecule has 0 unspecified atom stereocenters. The first kappa shape index (κ1) is 16.5. The van der Waals surface area contributed by atoms with Crippen LogP contribution in [0.3, 0.4) is 0 Å². The maximum Gasteiger partial charge on any atom is 0.324 e. The van der Waals surface area contributed by atoms with Gasteiger partial charge in [0.25, 0.3) is 5.91 Å². The van der Waals surface area contributed by atoms with E-state index in [0.717, 1.165) is 16.9 Å². The molecule has 24 heavy (non-hydrogen) atoms. The van der Waals surface area contributed by atoms with Crippen LogP contribution in [0.15, 0.2) is 24.3 Å². The fourth-order valence-electron chi connectivity index (χ4n) is 3.40. The Labute approximate surface area is 141 Å². The number of hydrogen-bond acceptors (Lipinski definition) is 3. The van der Waals surface area contributed by atoms with Crippen molar-refractivity contribution in [2.75, 3.05) is 20.1 Å². The number of piperidine rings is 1. The van der Waals surface area contributed by atoms with E-state index in [1.54, 1.807) is 4.90 Å². The predicted octanol–water partition coefficient (Wildman–Crippen LogP) is 1.47. The van der Waals surface area contributed by atoms with Gasteiger partial charge in [-0.15, -0.1) is 0 Å². The predicted molar refractivity (Wildman–Crippen MR) is 89.3 cm³/mol. The molecule has 128 valence electrons. The average molecular weight is 329 g/mol. The van der Waals surface area contributed by atoms with Crippen molar-refractivity contribution in [1.82, 2.24) is 15.1 Å². The maximum absolute atomic E-state index is 12.4. The van der Waals surface area contributed by atoms with E-state index in [2.05, 4.69) is 29.6 Å². The number of benzene rings is 1. The van der Waals surface area contributed by atoms with E-state index in [0.29, 0.717) is 32.4 Å². The van der Waals surface area contributed by atoms with Crippen LogP contribution < -0.4 is 5.32 Å². The number of imide groups is 1. The first-order valence-electron chi connectivity index (χ1n) is 8.35. The smallest absolute Gasteiger partial charge is 0.324 e. The molecular weight excluding hydrogens is 306 g/mol. The molecule has 0 radical (unpaired) electrons. The number of carbonyl (C=O) groups is 3. The van der Waals surface area contributed by atoms with Crippen LogP contribution in [0.4, 0.5) is 4.79 Å². The zero-order valence-electron chi connectivity index (χ0n) is 14.2. The molecular formula is C18H23N3O3. The second-order valence-electron chi connectivity index (χ2n) is 6.74. The number of amides is 4. The van der Waals surface area contributed by atoms with Crippen molar-refractivity contribution in [2.45, 2.75) is 38.1 Å². The van der Waals surface area contributed by atoms with E-state index in [4.69, 9.17) is 0 Å². The number of nitrogens with zero attached hydrogens (tertiary/aromatic N) is 2. The topological polar surface area (TPSA) is 69.7 Å². The first-order chi connectivity index (χ1) is 11.4. The zero-order chi connectivity index (χ0) is 17.3. The monoisotopic (exact) mass is 329 g/mol. The van der Waals surface area contributed by atoms with Crippen LogP contribution in [-0.4, -0.2) is 53.3 Å². The molecule has 0 aliphatic carbocycles. The molecule has 1 spiro atoms. The summed E-state index contributed by atoms with van der Waals surface area (Å²) in [4.78, 5) is 39.2. The normalized spacial score (nSPS) is 19.8. The lowest BCUT2D eigenvalue weighted by Crippen LogP contribution is -2.55. The van der Waals surface area contributed by atoms with Gasteiger partial charge in [0.15, 0.2) is 0 Å². The Hall–Kier alpha value is -2.37. The highest BCUT2D eigenvalue weighted by atomic mass is 16.2. The minimum Gasteiger partial charge on any atom is -0.342 e. The summed E-state index contributed by atoms with van der Waals surface area (Å²) in [6.07, 6.45) is 2.16. The second kappa shape index (κ2) is 6.26. The van der Waals surface area contributed by atoms with Gasteiger partial charge in [0.05, 0.1) is 0 Å². The van der Waals surface area contributed by atoms with Crippen LogP contribution in [0.2, 0.25) is 0 Å². The molecule has 0 bridgehead atoms. The lowest BCUT2D eigenvalue weighted by atomic mass is 9.87. The molecule has 2 aliphatic rings. The minimum atomic E-state index is -0.806. The summed E-state index contributed by atoms with van der Waals surface area (Å²) in [5, 5.41) is 2.79. The minimum absolute atomic E-state index is 0.107. The van der Waals surface area contributed by atoms with Crippen LogP contribution in [-0.2, 0) is 16.0 Å².